The predicted octanol–water partition coefficient (Wildman–Crippen LogP) is 3.93. The quantitative estimate of drug-likeness (QED) is 0.495. The van der Waals surface area contributed by atoms with E-state index in [-0.39, 0.29) is 28.8 Å². The molecule has 0 bridgehead atoms. The minimum Gasteiger partial charge on any atom is -0.404 e. The maximum atomic E-state index is 12.9. The Bertz CT molecular complexity index is 1180. The van der Waals surface area contributed by atoms with Crippen LogP contribution in [0.25, 0.3) is 0 Å². The summed E-state index contributed by atoms with van der Waals surface area (Å²) in [6.07, 6.45) is -3.41. The summed E-state index contributed by atoms with van der Waals surface area (Å²) in [5.74, 6) is -0.364. The molecule has 2 aromatic heterocycles. The molecular formula is C22H20ClF3N6O3. The van der Waals surface area contributed by atoms with Crippen LogP contribution >= 0.6 is 11.6 Å². The summed E-state index contributed by atoms with van der Waals surface area (Å²) in [5, 5.41) is 5.65. The largest absolute Gasteiger partial charge is 0.573 e. The number of anilines is 3. The van der Waals surface area contributed by atoms with Gasteiger partial charge in [0.05, 0.1) is 31.1 Å². The minimum absolute atomic E-state index is 0.00169. The van der Waals surface area contributed by atoms with Crippen LogP contribution in [0.15, 0.2) is 48.7 Å². The average molecular weight is 509 g/mol. The summed E-state index contributed by atoms with van der Waals surface area (Å²) >= 11 is 5.86. The maximum Gasteiger partial charge on any atom is 0.573 e. The minimum atomic E-state index is -4.91. The van der Waals surface area contributed by atoms with Gasteiger partial charge in [0.25, 0.3) is 5.91 Å². The number of aromatic nitrogens is 3. The standard InChI is InChI=1S/C22H20ClF3N6O3/c23-14-4-5-16(18(11-14)35-22(24,25)26)30-19-12-15(13-28-20(33)17-3-1-2-6-27-17)29-21(31-19)32-7-9-34-10-8-32/h1-6,11-12H,7-10,13H2,(H,28,33)(H,29,30,31). The number of ether oxygens (including phenoxy) is 2. The number of carbonyl (C=O) groups excluding carboxylic acids is 1. The Balaban J connectivity index is 1.60. The monoisotopic (exact) mass is 508 g/mol. The number of morpholine rings is 1. The highest BCUT2D eigenvalue weighted by molar-refractivity contribution is 6.30. The van der Waals surface area contributed by atoms with Gasteiger partial charge in [0.1, 0.15) is 11.5 Å². The van der Waals surface area contributed by atoms with E-state index in [0.717, 1.165) is 6.07 Å². The van der Waals surface area contributed by atoms with Crippen LogP contribution in [0.2, 0.25) is 5.02 Å². The molecule has 1 aliphatic heterocycles. The molecule has 0 spiro atoms. The third-order valence-electron chi connectivity index (χ3n) is 4.82. The molecule has 1 fully saturated rings. The average Bonchev–Trinajstić information content (AvgIpc) is 2.84. The molecule has 2 N–H and O–H groups in total. The SMILES string of the molecule is O=C(NCc1cc(Nc2ccc(Cl)cc2OC(F)(F)F)nc(N2CCOCC2)n1)c1ccccn1. The van der Waals surface area contributed by atoms with Crippen LogP contribution in [-0.2, 0) is 11.3 Å². The van der Waals surface area contributed by atoms with Crippen molar-refractivity contribution >= 4 is 35.0 Å². The molecule has 4 rings (SSSR count). The molecule has 35 heavy (non-hydrogen) atoms. The van der Waals surface area contributed by atoms with Gasteiger partial charge in [-0.3, -0.25) is 9.78 Å². The van der Waals surface area contributed by atoms with E-state index < -0.39 is 18.0 Å². The molecule has 0 saturated carbocycles. The Hall–Kier alpha value is -3.64. The van der Waals surface area contributed by atoms with Gasteiger partial charge in [0.15, 0.2) is 5.75 Å². The van der Waals surface area contributed by atoms with Crippen molar-refractivity contribution < 1.29 is 27.4 Å². The molecular weight excluding hydrogens is 489 g/mol. The van der Waals surface area contributed by atoms with E-state index in [2.05, 4.69) is 30.3 Å². The fraction of sp³-hybridized carbons (Fsp3) is 0.273. The van der Waals surface area contributed by atoms with E-state index in [1.54, 1.807) is 18.2 Å². The van der Waals surface area contributed by atoms with Crippen LogP contribution in [0, 0.1) is 0 Å². The fourth-order valence-corrected chi connectivity index (χ4v) is 3.41. The van der Waals surface area contributed by atoms with Crippen molar-refractivity contribution in [1.82, 2.24) is 20.3 Å². The Morgan fingerprint density at radius 1 is 1.14 bits per heavy atom. The first-order chi connectivity index (χ1) is 16.8. The van der Waals surface area contributed by atoms with Gasteiger partial charge >= 0.3 is 6.36 Å². The Morgan fingerprint density at radius 3 is 2.66 bits per heavy atom. The second-order valence-corrected chi connectivity index (χ2v) is 7.79. The first kappa shape index (κ1) is 24.5. The smallest absolute Gasteiger partial charge is 0.404 e. The van der Waals surface area contributed by atoms with E-state index in [9.17, 15) is 18.0 Å². The Morgan fingerprint density at radius 2 is 1.94 bits per heavy atom. The lowest BCUT2D eigenvalue weighted by Crippen LogP contribution is -2.37. The van der Waals surface area contributed by atoms with E-state index in [1.807, 2.05) is 4.90 Å². The Labute approximate surface area is 203 Å². The number of hydrogen-bond donors (Lipinski definition) is 2. The summed E-state index contributed by atoms with van der Waals surface area (Å²) in [4.78, 5) is 27.2. The van der Waals surface area contributed by atoms with Crippen LogP contribution in [0.1, 0.15) is 16.2 Å². The molecule has 0 atom stereocenters. The van der Waals surface area contributed by atoms with E-state index in [1.165, 1.54) is 24.4 Å². The summed E-state index contributed by atoms with van der Waals surface area (Å²) in [5.41, 5.74) is 0.672. The molecule has 0 unspecified atom stereocenters. The summed E-state index contributed by atoms with van der Waals surface area (Å²) in [6, 6.07) is 10.3. The predicted molar refractivity (Wildman–Crippen MR) is 122 cm³/mol. The van der Waals surface area contributed by atoms with Crippen LogP contribution in [0.4, 0.5) is 30.6 Å². The van der Waals surface area contributed by atoms with Crippen molar-refractivity contribution in [2.75, 3.05) is 36.5 Å². The zero-order valence-corrected chi connectivity index (χ0v) is 18.9. The van der Waals surface area contributed by atoms with Crippen molar-refractivity contribution in [2.24, 2.45) is 0 Å². The van der Waals surface area contributed by atoms with Gasteiger partial charge in [-0.1, -0.05) is 17.7 Å². The third-order valence-corrected chi connectivity index (χ3v) is 5.06. The number of hydrogen-bond acceptors (Lipinski definition) is 8. The van der Waals surface area contributed by atoms with Gasteiger partial charge in [-0.25, -0.2) is 4.98 Å². The number of amides is 1. The lowest BCUT2D eigenvalue weighted by molar-refractivity contribution is -0.274. The Kier molecular flexibility index (Phi) is 7.51. The van der Waals surface area contributed by atoms with Gasteiger partial charge in [0, 0.05) is 36.4 Å². The fourth-order valence-electron chi connectivity index (χ4n) is 3.25. The van der Waals surface area contributed by atoms with Crippen molar-refractivity contribution in [3.8, 4) is 5.75 Å². The van der Waals surface area contributed by atoms with Crippen molar-refractivity contribution in [3.05, 3.63) is 65.1 Å². The van der Waals surface area contributed by atoms with E-state index >= 15 is 0 Å². The van der Waals surface area contributed by atoms with Crippen LogP contribution < -0.4 is 20.3 Å². The molecule has 1 saturated heterocycles. The van der Waals surface area contributed by atoms with Gasteiger partial charge in [0.2, 0.25) is 5.95 Å². The maximum absolute atomic E-state index is 12.9. The molecule has 3 heterocycles. The van der Waals surface area contributed by atoms with Gasteiger partial charge in [-0.2, -0.15) is 4.98 Å². The van der Waals surface area contributed by atoms with Crippen LogP contribution in [0.5, 0.6) is 5.75 Å². The first-order valence-electron chi connectivity index (χ1n) is 10.5. The zero-order valence-electron chi connectivity index (χ0n) is 18.2. The second-order valence-electron chi connectivity index (χ2n) is 7.35. The highest BCUT2D eigenvalue weighted by Crippen LogP contribution is 2.34. The summed E-state index contributed by atoms with van der Waals surface area (Å²) in [6.45, 7) is 2.07. The number of benzene rings is 1. The highest BCUT2D eigenvalue weighted by atomic mass is 35.5. The third kappa shape index (κ3) is 6.93. The molecule has 13 heteroatoms. The van der Waals surface area contributed by atoms with Gasteiger partial charge in [-0.15, -0.1) is 13.2 Å². The molecule has 9 nitrogen and oxygen atoms in total. The van der Waals surface area contributed by atoms with E-state index in [0.29, 0.717) is 37.9 Å². The molecule has 1 aliphatic rings. The summed E-state index contributed by atoms with van der Waals surface area (Å²) < 4.78 is 48.2. The molecule has 184 valence electrons. The number of halogens is 4. The normalized spacial score (nSPS) is 13.9. The van der Waals surface area contributed by atoms with Crippen molar-refractivity contribution in [3.63, 3.8) is 0 Å². The lowest BCUT2D eigenvalue weighted by Gasteiger charge is -2.27. The number of rotatable bonds is 7. The second kappa shape index (κ2) is 10.7. The molecule has 1 amide bonds. The van der Waals surface area contributed by atoms with E-state index in [4.69, 9.17) is 16.3 Å². The molecule has 0 aliphatic carbocycles. The van der Waals surface area contributed by atoms with Crippen LogP contribution in [0.3, 0.4) is 0 Å². The number of pyridine rings is 1. The molecule has 1 aromatic carbocycles. The zero-order chi connectivity index (χ0) is 24.8. The molecule has 0 radical (unpaired) electrons. The highest BCUT2D eigenvalue weighted by Gasteiger charge is 2.32. The molecule has 3 aromatic rings. The first-order valence-corrected chi connectivity index (χ1v) is 10.9. The number of nitrogens with zero attached hydrogens (tertiary/aromatic N) is 4. The van der Waals surface area contributed by atoms with Crippen molar-refractivity contribution in [2.45, 2.75) is 12.9 Å². The number of alkyl halides is 3. The van der Waals surface area contributed by atoms with Crippen LogP contribution in [-0.4, -0.2) is 53.5 Å². The van der Waals surface area contributed by atoms with Crippen molar-refractivity contribution in [1.29, 1.82) is 0 Å². The topological polar surface area (TPSA) is 102 Å². The van der Waals surface area contributed by atoms with Gasteiger partial charge < -0.3 is 25.0 Å². The summed E-state index contributed by atoms with van der Waals surface area (Å²) in [7, 11) is 0. The number of carbonyl (C=O) groups is 1. The lowest BCUT2D eigenvalue weighted by atomic mass is 10.2. The number of nitrogens with one attached hydrogen (secondary N) is 2. The van der Waals surface area contributed by atoms with Gasteiger partial charge in [-0.05, 0) is 24.3 Å².